The first-order valence-electron chi connectivity index (χ1n) is 9.61. The van der Waals surface area contributed by atoms with Crippen LogP contribution in [0.2, 0.25) is 0 Å². The highest BCUT2D eigenvalue weighted by Gasteiger charge is 2.34. The van der Waals surface area contributed by atoms with Crippen molar-refractivity contribution in [1.82, 2.24) is 4.57 Å². The Morgan fingerprint density at radius 1 is 1.17 bits per heavy atom. The molecule has 0 spiro atoms. The van der Waals surface area contributed by atoms with Crippen molar-refractivity contribution in [1.29, 1.82) is 5.26 Å². The van der Waals surface area contributed by atoms with Gasteiger partial charge in [0.1, 0.15) is 23.2 Å². The van der Waals surface area contributed by atoms with Crippen LogP contribution >= 0.6 is 0 Å². The fraction of sp³-hybridized carbons (Fsp3) is 0.167. The monoisotopic (exact) mass is 401 g/mol. The van der Waals surface area contributed by atoms with Gasteiger partial charge in [0.15, 0.2) is 0 Å². The number of nitrogens with two attached hydrogens (primary N) is 1. The van der Waals surface area contributed by atoms with Crippen molar-refractivity contribution in [2.45, 2.75) is 25.8 Å². The molecule has 6 heteroatoms. The van der Waals surface area contributed by atoms with Crippen LogP contribution in [0, 0.1) is 24.1 Å². The van der Waals surface area contributed by atoms with E-state index in [4.69, 9.17) is 10.5 Å². The Balaban J connectivity index is 1.84. The summed E-state index contributed by atoms with van der Waals surface area (Å²) in [7, 11) is 0. The smallest absolute Gasteiger partial charge is 0.258 e. The number of nitrogens with zero attached hydrogens (tertiary/aromatic N) is 2. The number of pyridine rings is 1. The van der Waals surface area contributed by atoms with Gasteiger partial charge in [0.25, 0.3) is 5.56 Å². The number of hydrogen-bond donors (Lipinski definition) is 1. The van der Waals surface area contributed by atoms with E-state index in [1.807, 2.05) is 43.3 Å². The third kappa shape index (κ3) is 3.46. The predicted molar refractivity (Wildman–Crippen MR) is 111 cm³/mol. The van der Waals surface area contributed by atoms with E-state index in [9.17, 15) is 14.4 Å². The number of aryl methyl sites for hydroxylation is 2. The molecular weight excluding hydrogens is 381 g/mol. The largest absolute Gasteiger partial charge is 0.440 e. The molecule has 1 atom stereocenters. The minimum absolute atomic E-state index is 0.0694. The average Bonchev–Trinajstić information content (AvgIpc) is 2.73. The molecule has 1 aromatic heterocycles. The molecular formula is C24H20FN3O2. The zero-order valence-corrected chi connectivity index (χ0v) is 16.4. The lowest BCUT2D eigenvalue weighted by molar-refractivity contribution is 0.388. The highest BCUT2D eigenvalue weighted by atomic mass is 19.1. The number of rotatable bonds is 4. The highest BCUT2D eigenvalue weighted by molar-refractivity contribution is 5.55. The van der Waals surface area contributed by atoms with E-state index < -0.39 is 11.7 Å². The second-order valence-electron chi connectivity index (χ2n) is 7.24. The highest BCUT2D eigenvalue weighted by Crippen LogP contribution is 2.40. The van der Waals surface area contributed by atoms with Crippen LogP contribution in [-0.2, 0) is 13.0 Å². The zero-order valence-electron chi connectivity index (χ0n) is 16.4. The Hall–Kier alpha value is -3.85. The van der Waals surface area contributed by atoms with E-state index in [0.717, 1.165) is 11.3 Å². The molecule has 0 saturated heterocycles. The van der Waals surface area contributed by atoms with Gasteiger partial charge < -0.3 is 15.0 Å². The molecule has 2 N–H and O–H groups in total. The van der Waals surface area contributed by atoms with Gasteiger partial charge in [-0.2, -0.15) is 5.26 Å². The lowest BCUT2D eigenvalue weighted by Crippen LogP contribution is -2.33. The zero-order chi connectivity index (χ0) is 21.3. The van der Waals surface area contributed by atoms with Gasteiger partial charge in [-0.15, -0.1) is 0 Å². The fourth-order valence-electron chi connectivity index (χ4n) is 3.87. The van der Waals surface area contributed by atoms with Gasteiger partial charge >= 0.3 is 0 Å². The van der Waals surface area contributed by atoms with Gasteiger partial charge in [0.2, 0.25) is 5.88 Å². The third-order valence-corrected chi connectivity index (χ3v) is 5.34. The molecule has 2 aromatic carbocycles. The molecule has 3 aromatic rings. The number of ether oxygens (including phenoxy) is 1. The number of hydrogen-bond acceptors (Lipinski definition) is 4. The maximum atomic E-state index is 13.9. The van der Waals surface area contributed by atoms with Gasteiger partial charge in [0, 0.05) is 18.3 Å². The van der Waals surface area contributed by atoms with Crippen LogP contribution in [0.1, 0.15) is 28.3 Å². The van der Waals surface area contributed by atoms with Gasteiger partial charge in [-0.3, -0.25) is 4.79 Å². The predicted octanol–water partition coefficient (Wildman–Crippen LogP) is 3.76. The van der Waals surface area contributed by atoms with Crippen LogP contribution in [0.15, 0.2) is 76.9 Å². The van der Waals surface area contributed by atoms with E-state index >= 15 is 0 Å². The summed E-state index contributed by atoms with van der Waals surface area (Å²) in [5, 5.41) is 9.68. The summed E-state index contributed by atoms with van der Waals surface area (Å²) in [6.45, 7) is 2.30. The Kier molecular flexibility index (Phi) is 5.11. The van der Waals surface area contributed by atoms with E-state index in [0.29, 0.717) is 29.8 Å². The number of benzene rings is 2. The first-order valence-corrected chi connectivity index (χ1v) is 9.61. The first-order chi connectivity index (χ1) is 14.5. The standard InChI is InChI=1S/C24H20FN3O2/c1-15-12-20-22(24(29)28(15)11-10-16-6-3-2-4-7-16)21(19(14-26)23(27)30-20)17-8-5-9-18(25)13-17/h2-9,12-13,21H,10-11,27H2,1H3. The summed E-state index contributed by atoms with van der Waals surface area (Å²) in [4.78, 5) is 13.5. The Morgan fingerprint density at radius 2 is 1.93 bits per heavy atom. The maximum Gasteiger partial charge on any atom is 0.258 e. The van der Waals surface area contributed by atoms with Gasteiger partial charge in [-0.05, 0) is 36.6 Å². The minimum Gasteiger partial charge on any atom is -0.440 e. The molecule has 0 fully saturated rings. The second-order valence-corrected chi connectivity index (χ2v) is 7.24. The Bertz CT molecular complexity index is 1240. The SMILES string of the molecule is Cc1cc2c(c(=O)n1CCc1ccccc1)C(c1cccc(F)c1)C(C#N)=C(N)O2. The summed E-state index contributed by atoms with van der Waals surface area (Å²) in [5.74, 6) is -1.00. The Morgan fingerprint density at radius 3 is 2.63 bits per heavy atom. The molecule has 1 unspecified atom stereocenters. The number of aromatic nitrogens is 1. The summed E-state index contributed by atoms with van der Waals surface area (Å²) in [6.07, 6.45) is 0.676. The van der Waals surface area contributed by atoms with Crippen molar-refractivity contribution >= 4 is 0 Å². The van der Waals surface area contributed by atoms with Crippen molar-refractivity contribution in [3.8, 4) is 11.8 Å². The molecule has 2 heterocycles. The first kappa shape index (κ1) is 19.5. The van der Waals surface area contributed by atoms with Crippen molar-refractivity contribution in [3.63, 3.8) is 0 Å². The topological polar surface area (TPSA) is 81.0 Å². The summed E-state index contributed by atoms with van der Waals surface area (Å²) in [5.41, 5.74) is 8.42. The van der Waals surface area contributed by atoms with Crippen molar-refractivity contribution in [3.05, 3.63) is 111 Å². The molecule has 1 aliphatic heterocycles. The molecule has 0 radical (unpaired) electrons. The molecule has 0 amide bonds. The minimum atomic E-state index is -0.787. The van der Waals surface area contributed by atoms with E-state index in [2.05, 4.69) is 0 Å². The number of allylic oxidation sites excluding steroid dienone is 1. The van der Waals surface area contributed by atoms with Crippen LogP contribution in [0.25, 0.3) is 0 Å². The molecule has 0 aliphatic carbocycles. The molecule has 0 bridgehead atoms. The lowest BCUT2D eigenvalue weighted by atomic mass is 9.84. The van der Waals surface area contributed by atoms with Crippen molar-refractivity contribution < 1.29 is 9.13 Å². The number of halogens is 1. The van der Waals surface area contributed by atoms with Gasteiger partial charge in [-0.25, -0.2) is 4.39 Å². The van der Waals surface area contributed by atoms with E-state index in [1.54, 1.807) is 22.8 Å². The summed E-state index contributed by atoms with van der Waals surface area (Å²) >= 11 is 0. The normalized spacial score (nSPS) is 15.3. The second kappa shape index (κ2) is 7.88. The number of fused-ring (bicyclic) bond motifs is 1. The molecule has 30 heavy (non-hydrogen) atoms. The fourth-order valence-corrected chi connectivity index (χ4v) is 3.87. The quantitative estimate of drug-likeness (QED) is 0.722. The van der Waals surface area contributed by atoms with Crippen LogP contribution in [-0.4, -0.2) is 4.57 Å². The van der Waals surface area contributed by atoms with Crippen molar-refractivity contribution in [2.75, 3.05) is 0 Å². The van der Waals surface area contributed by atoms with Gasteiger partial charge in [0.05, 0.1) is 11.5 Å². The summed E-state index contributed by atoms with van der Waals surface area (Å²) in [6, 6.07) is 19.5. The van der Waals surface area contributed by atoms with Crippen LogP contribution in [0.3, 0.4) is 0 Å². The number of nitriles is 1. The summed E-state index contributed by atoms with van der Waals surface area (Å²) < 4.78 is 21.2. The van der Waals surface area contributed by atoms with Crippen molar-refractivity contribution in [2.24, 2.45) is 5.73 Å². The molecule has 5 nitrogen and oxygen atoms in total. The maximum absolute atomic E-state index is 13.9. The Labute approximate surface area is 173 Å². The van der Waals surface area contributed by atoms with Gasteiger partial charge in [-0.1, -0.05) is 42.5 Å². The van der Waals surface area contributed by atoms with Crippen LogP contribution in [0.4, 0.5) is 4.39 Å². The van der Waals surface area contributed by atoms with Crippen LogP contribution < -0.4 is 16.0 Å². The molecule has 0 saturated carbocycles. The van der Waals surface area contributed by atoms with E-state index in [1.165, 1.54) is 12.1 Å². The molecule has 4 rings (SSSR count). The lowest BCUT2D eigenvalue weighted by Gasteiger charge is -2.27. The van der Waals surface area contributed by atoms with E-state index in [-0.39, 0.29) is 17.0 Å². The third-order valence-electron chi connectivity index (χ3n) is 5.34. The molecule has 1 aliphatic rings. The molecule has 150 valence electrons. The average molecular weight is 401 g/mol. The van der Waals surface area contributed by atoms with Crippen LogP contribution in [0.5, 0.6) is 5.75 Å².